The zero-order valence-corrected chi connectivity index (χ0v) is 18.0. The van der Waals surface area contributed by atoms with E-state index in [0.29, 0.717) is 15.9 Å². The Bertz CT molecular complexity index is 1510. The number of hydrogen-bond acceptors (Lipinski definition) is 6. The Hall–Kier alpha value is -3.99. The molecule has 2 aromatic heterocycles. The van der Waals surface area contributed by atoms with E-state index in [1.54, 1.807) is 6.92 Å². The van der Waals surface area contributed by atoms with Crippen molar-refractivity contribution in [3.63, 3.8) is 0 Å². The summed E-state index contributed by atoms with van der Waals surface area (Å²) in [6, 6.07) is 7.33. The van der Waals surface area contributed by atoms with Crippen molar-refractivity contribution in [2.75, 3.05) is 7.11 Å². The maximum atomic E-state index is 14.7. The number of hydrogen-bond donors (Lipinski definition) is 2. The van der Waals surface area contributed by atoms with Gasteiger partial charge in [0, 0.05) is 17.0 Å². The van der Waals surface area contributed by atoms with E-state index >= 15 is 0 Å². The third-order valence-corrected chi connectivity index (χ3v) is 5.92. The van der Waals surface area contributed by atoms with Crippen molar-refractivity contribution in [3.05, 3.63) is 84.7 Å². The maximum absolute atomic E-state index is 14.7. The molecule has 0 spiro atoms. The zero-order chi connectivity index (χ0) is 23.9. The summed E-state index contributed by atoms with van der Waals surface area (Å²) in [4.78, 5) is 39.1. The number of nitrogens with one attached hydrogen (secondary N) is 1. The normalized spacial score (nSPS) is 12.0. The fourth-order valence-electron chi connectivity index (χ4n) is 3.44. The molecule has 8 nitrogen and oxygen atoms in total. The molecule has 1 atom stereocenters. The summed E-state index contributed by atoms with van der Waals surface area (Å²) >= 11 is 0.772. The van der Waals surface area contributed by atoms with Gasteiger partial charge >= 0.3 is 11.7 Å². The number of nitrogens with zero attached hydrogens (tertiary/aromatic N) is 1. The lowest BCUT2D eigenvalue weighted by Gasteiger charge is -2.18. The van der Waals surface area contributed by atoms with Gasteiger partial charge in [0.1, 0.15) is 34.1 Å². The zero-order valence-electron chi connectivity index (χ0n) is 17.2. The Balaban J connectivity index is 1.81. The van der Waals surface area contributed by atoms with E-state index in [1.165, 1.54) is 36.8 Å². The molecule has 0 aliphatic heterocycles. The molecule has 33 heavy (non-hydrogen) atoms. The van der Waals surface area contributed by atoms with E-state index in [2.05, 4.69) is 4.98 Å². The second-order valence-corrected chi connectivity index (χ2v) is 7.87. The predicted octanol–water partition coefficient (Wildman–Crippen LogP) is 3.87. The SMILES string of the molecule is COc1ccc(F)cc1C(C)Oc1ccc(F)c(-n2c(=O)[nH]c3csc(C(=O)O)c3c2=O)c1. The van der Waals surface area contributed by atoms with Crippen LogP contribution in [0.4, 0.5) is 8.78 Å². The van der Waals surface area contributed by atoms with E-state index in [-0.39, 0.29) is 21.5 Å². The summed E-state index contributed by atoms with van der Waals surface area (Å²) < 4.78 is 39.9. The number of thiophene rings is 1. The lowest BCUT2D eigenvalue weighted by atomic mass is 10.1. The van der Waals surface area contributed by atoms with Crippen molar-refractivity contribution < 1.29 is 28.2 Å². The van der Waals surface area contributed by atoms with E-state index in [0.717, 1.165) is 23.5 Å². The third kappa shape index (κ3) is 3.98. The topological polar surface area (TPSA) is 111 Å². The Morgan fingerprint density at radius 2 is 1.94 bits per heavy atom. The lowest BCUT2D eigenvalue weighted by molar-refractivity contribution is 0.0704. The van der Waals surface area contributed by atoms with E-state index < -0.39 is 40.6 Å². The standard InChI is InChI=1S/C22H16F2N2O6S/c1-10(13-7-11(23)3-6-17(13)31-2)32-12-4-5-14(24)16(8-12)26-20(27)18-15(25-22(26)30)9-33-19(18)21(28)29/h3-10H,1-2H3,(H,25,30)(H,28,29). The first-order chi connectivity index (χ1) is 15.7. The number of aromatic carboxylic acids is 1. The van der Waals surface area contributed by atoms with Crippen LogP contribution in [-0.2, 0) is 0 Å². The summed E-state index contributed by atoms with van der Waals surface area (Å²) in [6.45, 7) is 1.62. The highest BCUT2D eigenvalue weighted by Crippen LogP contribution is 2.31. The van der Waals surface area contributed by atoms with Gasteiger partial charge in [-0.1, -0.05) is 0 Å². The van der Waals surface area contributed by atoms with Gasteiger partial charge in [0.15, 0.2) is 0 Å². The monoisotopic (exact) mass is 474 g/mol. The quantitative estimate of drug-likeness (QED) is 0.439. The van der Waals surface area contributed by atoms with E-state index in [1.807, 2.05) is 0 Å². The van der Waals surface area contributed by atoms with Crippen molar-refractivity contribution >= 4 is 28.2 Å². The minimum Gasteiger partial charge on any atom is -0.496 e. The highest BCUT2D eigenvalue weighted by Gasteiger charge is 2.21. The van der Waals surface area contributed by atoms with Gasteiger partial charge in [-0.2, -0.15) is 0 Å². The van der Waals surface area contributed by atoms with Crippen LogP contribution in [0.2, 0.25) is 0 Å². The molecule has 2 aromatic carbocycles. The van der Waals surface area contributed by atoms with Crippen LogP contribution >= 0.6 is 11.3 Å². The molecule has 170 valence electrons. The number of benzene rings is 2. The fraction of sp³-hybridized carbons (Fsp3) is 0.136. The van der Waals surface area contributed by atoms with Crippen molar-refractivity contribution in [3.8, 4) is 17.2 Å². The first-order valence-electron chi connectivity index (χ1n) is 9.51. The van der Waals surface area contributed by atoms with Crippen LogP contribution in [0.1, 0.15) is 28.3 Å². The highest BCUT2D eigenvalue weighted by molar-refractivity contribution is 7.13. The fourth-order valence-corrected chi connectivity index (χ4v) is 4.27. The number of carbonyl (C=O) groups is 1. The highest BCUT2D eigenvalue weighted by atomic mass is 32.1. The van der Waals surface area contributed by atoms with Crippen molar-refractivity contribution in [1.82, 2.24) is 9.55 Å². The maximum Gasteiger partial charge on any atom is 0.346 e. The minimum absolute atomic E-state index is 0.0447. The van der Waals surface area contributed by atoms with Gasteiger partial charge in [0.2, 0.25) is 0 Å². The lowest BCUT2D eigenvalue weighted by Crippen LogP contribution is -2.34. The molecule has 1 unspecified atom stereocenters. The van der Waals surface area contributed by atoms with Gasteiger partial charge < -0.3 is 19.6 Å². The number of halogens is 2. The third-order valence-electron chi connectivity index (χ3n) is 4.95. The molecular formula is C22H16F2N2O6S. The average molecular weight is 474 g/mol. The van der Waals surface area contributed by atoms with Gasteiger partial charge in [-0.15, -0.1) is 11.3 Å². The summed E-state index contributed by atoms with van der Waals surface area (Å²) in [7, 11) is 1.42. The van der Waals surface area contributed by atoms with Crippen LogP contribution in [0.3, 0.4) is 0 Å². The molecule has 4 aromatic rings. The summed E-state index contributed by atoms with van der Waals surface area (Å²) in [5, 5.41) is 10.4. The number of H-pyrrole nitrogens is 1. The molecule has 0 saturated carbocycles. The van der Waals surface area contributed by atoms with Crippen LogP contribution in [0.5, 0.6) is 11.5 Å². The Kier molecular flexibility index (Phi) is 5.73. The van der Waals surface area contributed by atoms with E-state index in [9.17, 15) is 28.3 Å². The first-order valence-corrected chi connectivity index (χ1v) is 10.4. The Labute approximate surface area is 188 Å². The molecule has 4 rings (SSSR count). The molecule has 2 N–H and O–H groups in total. The summed E-state index contributed by atoms with van der Waals surface area (Å²) in [5.74, 6) is -2.29. The molecule has 0 aliphatic carbocycles. The average Bonchev–Trinajstić information content (AvgIpc) is 3.20. The number of aromatic amines is 1. The molecule has 0 fully saturated rings. The first kappa shape index (κ1) is 22.2. The second kappa shape index (κ2) is 8.51. The summed E-state index contributed by atoms with van der Waals surface area (Å²) in [5.41, 5.74) is -1.92. The molecule has 11 heteroatoms. The number of ether oxygens (including phenoxy) is 2. The molecule has 0 saturated heterocycles. The Morgan fingerprint density at radius 3 is 2.64 bits per heavy atom. The van der Waals surface area contributed by atoms with Crippen molar-refractivity contribution in [1.29, 1.82) is 0 Å². The van der Waals surface area contributed by atoms with Gasteiger partial charge in [0.05, 0.1) is 23.7 Å². The van der Waals surface area contributed by atoms with Crippen LogP contribution in [-0.4, -0.2) is 27.7 Å². The molecule has 0 amide bonds. The van der Waals surface area contributed by atoms with Crippen molar-refractivity contribution in [2.45, 2.75) is 13.0 Å². The number of fused-ring (bicyclic) bond motifs is 1. The molecule has 0 bridgehead atoms. The second-order valence-electron chi connectivity index (χ2n) is 6.99. The van der Waals surface area contributed by atoms with Crippen LogP contribution < -0.4 is 20.7 Å². The van der Waals surface area contributed by atoms with E-state index in [4.69, 9.17) is 9.47 Å². The molecule has 0 aliphatic rings. The number of methoxy groups -OCH3 is 1. The number of carboxylic acids is 1. The van der Waals surface area contributed by atoms with Crippen molar-refractivity contribution in [2.24, 2.45) is 0 Å². The summed E-state index contributed by atoms with van der Waals surface area (Å²) in [6.07, 6.45) is -0.734. The minimum atomic E-state index is -1.35. The Morgan fingerprint density at radius 1 is 1.18 bits per heavy atom. The van der Waals surface area contributed by atoms with Crippen LogP contribution in [0.15, 0.2) is 51.4 Å². The van der Waals surface area contributed by atoms with Gasteiger partial charge in [-0.25, -0.2) is 22.9 Å². The number of rotatable bonds is 6. The largest absolute Gasteiger partial charge is 0.496 e. The molecule has 0 radical (unpaired) electrons. The van der Waals surface area contributed by atoms with Gasteiger partial charge in [0.25, 0.3) is 5.56 Å². The molecule has 2 heterocycles. The van der Waals surface area contributed by atoms with Crippen LogP contribution in [0.25, 0.3) is 16.6 Å². The molecular weight excluding hydrogens is 458 g/mol. The van der Waals surface area contributed by atoms with Crippen LogP contribution in [0, 0.1) is 11.6 Å². The number of aromatic nitrogens is 2. The predicted molar refractivity (Wildman–Crippen MR) is 117 cm³/mol. The van der Waals surface area contributed by atoms with Gasteiger partial charge in [-0.05, 0) is 37.3 Å². The van der Waals surface area contributed by atoms with Gasteiger partial charge in [-0.3, -0.25) is 4.79 Å². The smallest absolute Gasteiger partial charge is 0.346 e. The number of carboxylic acid groups (broad SMARTS) is 1.